The van der Waals surface area contributed by atoms with Crippen molar-refractivity contribution in [1.82, 2.24) is 0 Å². The van der Waals surface area contributed by atoms with Crippen molar-refractivity contribution in [2.45, 2.75) is 42.7 Å². The molecule has 1 fully saturated rings. The van der Waals surface area contributed by atoms with Gasteiger partial charge in [-0.2, -0.15) is 0 Å². The predicted molar refractivity (Wildman–Crippen MR) is 134 cm³/mol. The monoisotopic (exact) mass is 534 g/mol. The van der Waals surface area contributed by atoms with Gasteiger partial charge >= 0.3 is 0 Å². The van der Waals surface area contributed by atoms with Gasteiger partial charge in [-0.3, -0.25) is 0 Å². The number of benzene rings is 2. The topological polar surface area (TPSA) is 157 Å². The van der Waals surface area contributed by atoms with Crippen LogP contribution in [-0.4, -0.2) is 97.4 Å². The van der Waals surface area contributed by atoms with E-state index in [2.05, 4.69) is 0 Å². The van der Waals surface area contributed by atoms with Crippen molar-refractivity contribution in [1.29, 1.82) is 0 Å². The highest BCUT2D eigenvalue weighted by Crippen LogP contribution is 2.51. The molecular formula is C27H34O11. The van der Waals surface area contributed by atoms with Crippen LogP contribution in [0.1, 0.15) is 28.7 Å². The maximum atomic E-state index is 10.3. The van der Waals surface area contributed by atoms with Crippen LogP contribution in [0.3, 0.4) is 0 Å². The Balaban J connectivity index is 1.50. The van der Waals surface area contributed by atoms with E-state index in [1.807, 2.05) is 18.2 Å². The highest BCUT2D eigenvalue weighted by Gasteiger charge is 2.44. The van der Waals surface area contributed by atoms with Crippen LogP contribution in [0.5, 0.6) is 23.0 Å². The molecule has 5 N–H and O–H groups in total. The number of hydrogen-bond acceptors (Lipinski definition) is 11. The van der Waals surface area contributed by atoms with Crippen molar-refractivity contribution in [2.24, 2.45) is 0 Å². The molecule has 0 radical (unpaired) electrons. The van der Waals surface area contributed by atoms with Gasteiger partial charge < -0.3 is 54.0 Å². The molecule has 11 nitrogen and oxygen atoms in total. The van der Waals surface area contributed by atoms with Crippen molar-refractivity contribution in [2.75, 3.05) is 41.2 Å². The molecule has 0 aromatic heterocycles. The third-order valence-electron chi connectivity index (χ3n) is 6.78. The lowest BCUT2D eigenvalue weighted by Crippen LogP contribution is -2.59. The molecule has 2 aliphatic rings. The van der Waals surface area contributed by atoms with Crippen molar-refractivity contribution in [3.8, 4) is 23.0 Å². The second kappa shape index (κ2) is 12.3. The fourth-order valence-corrected chi connectivity index (χ4v) is 4.73. The summed E-state index contributed by atoms with van der Waals surface area (Å²) in [6.07, 6.45) is -3.73. The molecular weight excluding hydrogens is 500 g/mol. The van der Waals surface area contributed by atoms with E-state index in [0.29, 0.717) is 23.0 Å². The fraction of sp³-hybridized carbons (Fsp3) is 0.481. The molecule has 4 rings (SSSR count). The second-order valence-corrected chi connectivity index (χ2v) is 9.02. The molecule has 11 heteroatoms. The summed E-state index contributed by atoms with van der Waals surface area (Å²) in [5, 5.41) is 49.5. The number of methoxy groups -OCH3 is 3. The number of ether oxygens (including phenoxy) is 6. The number of rotatable bonds is 10. The largest absolute Gasteiger partial charge is 0.493 e. The van der Waals surface area contributed by atoms with Crippen molar-refractivity contribution in [3.63, 3.8) is 0 Å². The summed E-state index contributed by atoms with van der Waals surface area (Å²) in [6.45, 7) is -0.688. The third kappa shape index (κ3) is 5.45. The quantitative estimate of drug-likeness (QED) is 0.293. The predicted octanol–water partition coefficient (Wildman–Crippen LogP) is 0.752. The van der Waals surface area contributed by atoms with Crippen LogP contribution in [-0.2, 0) is 9.47 Å². The van der Waals surface area contributed by atoms with Crippen LogP contribution in [0.25, 0.3) is 6.08 Å². The minimum absolute atomic E-state index is 0.0102. The normalized spacial score (nSPS) is 28.7. The van der Waals surface area contributed by atoms with Crippen LogP contribution in [0, 0.1) is 0 Å². The Morgan fingerprint density at radius 2 is 1.58 bits per heavy atom. The Bertz CT molecular complexity index is 1120. The first kappa shape index (κ1) is 28.1. The Kier molecular flexibility index (Phi) is 9.11. The van der Waals surface area contributed by atoms with Crippen LogP contribution in [0.4, 0.5) is 0 Å². The summed E-state index contributed by atoms with van der Waals surface area (Å²) in [5.74, 6) is 1.81. The Hall–Kier alpha value is -2.90. The van der Waals surface area contributed by atoms with E-state index < -0.39 is 43.4 Å². The Morgan fingerprint density at radius 1 is 0.842 bits per heavy atom. The SMILES string of the molecule is COc1ccc([C@H]2Oc3c(OC)cc(C=CCO[C@@H]4O[C@@H](CO)[C@@H](O)[C@@H](O)[C@H]4O)cc3[C@H]2CO)cc1OC. The molecule has 0 bridgehead atoms. The molecule has 2 aromatic carbocycles. The van der Waals surface area contributed by atoms with Gasteiger partial charge in [-0.15, -0.1) is 0 Å². The van der Waals surface area contributed by atoms with Crippen LogP contribution >= 0.6 is 0 Å². The molecule has 2 aliphatic heterocycles. The van der Waals surface area contributed by atoms with Crippen LogP contribution in [0.15, 0.2) is 36.4 Å². The fourth-order valence-electron chi connectivity index (χ4n) is 4.73. The minimum Gasteiger partial charge on any atom is -0.493 e. The van der Waals surface area contributed by atoms with Gasteiger partial charge in [0.25, 0.3) is 0 Å². The van der Waals surface area contributed by atoms with Crippen molar-refractivity contribution in [3.05, 3.63) is 53.1 Å². The number of fused-ring (bicyclic) bond motifs is 1. The average molecular weight is 535 g/mol. The van der Waals surface area contributed by atoms with Crippen LogP contribution in [0.2, 0.25) is 0 Å². The number of aliphatic hydroxyl groups is 5. The molecule has 0 aliphatic carbocycles. The van der Waals surface area contributed by atoms with E-state index in [1.54, 1.807) is 38.5 Å². The van der Waals surface area contributed by atoms with E-state index in [4.69, 9.17) is 28.4 Å². The molecule has 0 saturated carbocycles. The van der Waals surface area contributed by atoms with Gasteiger partial charge in [0.15, 0.2) is 29.3 Å². The average Bonchev–Trinajstić information content (AvgIpc) is 3.32. The molecule has 7 atom stereocenters. The van der Waals surface area contributed by atoms with E-state index >= 15 is 0 Å². The van der Waals surface area contributed by atoms with E-state index in [0.717, 1.165) is 16.7 Å². The van der Waals surface area contributed by atoms with Gasteiger partial charge in [0.1, 0.15) is 30.5 Å². The molecule has 208 valence electrons. The standard InChI is InChI=1S/C27H34O11/c1-33-18-7-6-15(11-19(18)34-2)25-17(12-28)16-9-14(10-20(35-3)26(16)38-25)5-4-8-36-27-24(32)23(31)22(30)21(13-29)37-27/h4-7,9-11,17,21-25,27-32H,8,12-13H2,1-3H3/t17-,21+,22-,23-,24-,25-,27-/m1/s1. The number of aliphatic hydroxyl groups excluding tert-OH is 5. The molecule has 0 unspecified atom stereocenters. The third-order valence-corrected chi connectivity index (χ3v) is 6.78. The van der Waals surface area contributed by atoms with Gasteiger partial charge in [-0.1, -0.05) is 18.2 Å². The lowest BCUT2D eigenvalue weighted by molar-refractivity contribution is -0.298. The van der Waals surface area contributed by atoms with Crippen molar-refractivity contribution < 1.29 is 54.0 Å². The zero-order chi connectivity index (χ0) is 27.4. The van der Waals surface area contributed by atoms with Gasteiger partial charge in [0.05, 0.1) is 47.1 Å². The number of hydrogen-bond donors (Lipinski definition) is 5. The Labute approximate surface area is 220 Å². The highest BCUT2D eigenvalue weighted by atomic mass is 16.7. The lowest BCUT2D eigenvalue weighted by Gasteiger charge is -2.39. The molecule has 2 heterocycles. The molecule has 0 amide bonds. The highest BCUT2D eigenvalue weighted by molar-refractivity contribution is 5.62. The maximum absolute atomic E-state index is 10.3. The van der Waals surface area contributed by atoms with Crippen LogP contribution < -0.4 is 18.9 Å². The molecule has 1 saturated heterocycles. The van der Waals surface area contributed by atoms with Gasteiger partial charge in [0.2, 0.25) is 0 Å². The zero-order valence-electron chi connectivity index (χ0n) is 21.4. The summed E-state index contributed by atoms with van der Waals surface area (Å²) >= 11 is 0. The minimum atomic E-state index is -1.51. The summed E-state index contributed by atoms with van der Waals surface area (Å²) in [6, 6.07) is 9.15. The molecule has 38 heavy (non-hydrogen) atoms. The first-order chi connectivity index (χ1) is 18.4. The van der Waals surface area contributed by atoms with Gasteiger partial charge in [0, 0.05) is 5.56 Å². The summed E-state index contributed by atoms with van der Waals surface area (Å²) in [5.41, 5.74) is 2.35. The molecule has 2 aromatic rings. The van der Waals surface area contributed by atoms with Gasteiger partial charge in [-0.25, -0.2) is 0 Å². The van der Waals surface area contributed by atoms with E-state index in [1.165, 1.54) is 7.11 Å². The zero-order valence-corrected chi connectivity index (χ0v) is 21.4. The summed E-state index contributed by atoms with van der Waals surface area (Å²) in [7, 11) is 4.65. The van der Waals surface area contributed by atoms with E-state index in [-0.39, 0.29) is 19.1 Å². The first-order valence-electron chi connectivity index (χ1n) is 12.2. The molecule has 0 spiro atoms. The summed E-state index contributed by atoms with van der Waals surface area (Å²) < 4.78 is 33.4. The lowest BCUT2D eigenvalue weighted by atomic mass is 9.90. The summed E-state index contributed by atoms with van der Waals surface area (Å²) in [4.78, 5) is 0. The maximum Gasteiger partial charge on any atom is 0.187 e. The smallest absolute Gasteiger partial charge is 0.187 e. The Morgan fingerprint density at radius 3 is 2.24 bits per heavy atom. The van der Waals surface area contributed by atoms with Gasteiger partial charge in [-0.05, 0) is 35.4 Å². The second-order valence-electron chi connectivity index (χ2n) is 9.02. The van der Waals surface area contributed by atoms with E-state index in [9.17, 15) is 25.5 Å². The first-order valence-corrected chi connectivity index (χ1v) is 12.2. The van der Waals surface area contributed by atoms with Crippen molar-refractivity contribution >= 4 is 6.08 Å².